The number of hydrogen-bond donors (Lipinski definition) is 1. The fourth-order valence-electron chi connectivity index (χ4n) is 3.11. The molecule has 0 bridgehead atoms. The van der Waals surface area contributed by atoms with Gasteiger partial charge < -0.3 is 5.32 Å². The second-order valence-electron chi connectivity index (χ2n) is 6.61. The largest absolute Gasteiger partial charge is 0.356 e. The first kappa shape index (κ1) is 19.1. The Morgan fingerprint density at radius 3 is 1.96 bits per heavy atom. The predicted octanol–water partition coefficient (Wildman–Crippen LogP) is 1.13. The molecule has 0 unspecified atom stereocenters. The summed E-state index contributed by atoms with van der Waals surface area (Å²) in [6.45, 7) is 2.22. The molecule has 0 aromatic carbocycles. The number of carbonyl (C=O) groups excluding carboxylic acids is 3. The number of nitrogens with zero attached hydrogens (tertiary/aromatic N) is 4. The number of amides is 3. The first-order chi connectivity index (χ1) is 11.9. The summed E-state index contributed by atoms with van der Waals surface area (Å²) in [5.74, 6) is -0.0820. The molecular formula is C17H27N5O3. The highest BCUT2D eigenvalue weighted by Gasteiger charge is 2.34. The smallest absolute Gasteiger partial charge is 0.248 e. The summed E-state index contributed by atoms with van der Waals surface area (Å²) in [5.41, 5.74) is 1.63. The molecule has 138 valence electrons. The molecule has 0 spiro atoms. The van der Waals surface area contributed by atoms with E-state index in [0.717, 1.165) is 43.5 Å². The van der Waals surface area contributed by atoms with Crippen LogP contribution in [0.15, 0.2) is 10.2 Å². The van der Waals surface area contributed by atoms with Crippen molar-refractivity contribution >= 4 is 29.1 Å². The van der Waals surface area contributed by atoms with Gasteiger partial charge >= 0.3 is 0 Å². The van der Waals surface area contributed by atoms with Crippen LogP contribution < -0.4 is 5.32 Å². The minimum absolute atomic E-state index is 0.00104. The lowest BCUT2D eigenvalue weighted by atomic mass is 9.88. The van der Waals surface area contributed by atoms with Crippen molar-refractivity contribution in [2.24, 2.45) is 16.1 Å². The van der Waals surface area contributed by atoms with Gasteiger partial charge in [0.2, 0.25) is 17.7 Å². The molecule has 0 aliphatic carbocycles. The van der Waals surface area contributed by atoms with Gasteiger partial charge in [0.1, 0.15) is 0 Å². The molecule has 0 saturated carbocycles. The van der Waals surface area contributed by atoms with E-state index in [1.165, 1.54) is 16.9 Å². The summed E-state index contributed by atoms with van der Waals surface area (Å²) < 4.78 is 0. The molecular weight excluding hydrogens is 322 g/mol. The highest BCUT2D eigenvalue weighted by molar-refractivity contribution is 6.19. The average molecular weight is 349 g/mol. The van der Waals surface area contributed by atoms with Gasteiger partial charge in [-0.25, -0.2) is 10.0 Å². The summed E-state index contributed by atoms with van der Waals surface area (Å²) in [7, 11) is 3.31. The van der Waals surface area contributed by atoms with Crippen LogP contribution in [0.5, 0.6) is 0 Å². The van der Waals surface area contributed by atoms with Crippen molar-refractivity contribution in [1.82, 2.24) is 15.3 Å². The molecule has 0 aromatic rings. The van der Waals surface area contributed by atoms with E-state index in [2.05, 4.69) is 15.5 Å². The number of carbonyl (C=O) groups is 3. The van der Waals surface area contributed by atoms with Crippen LogP contribution in [0, 0.1) is 5.92 Å². The minimum Gasteiger partial charge on any atom is -0.356 e. The van der Waals surface area contributed by atoms with Gasteiger partial charge in [-0.3, -0.25) is 14.4 Å². The Morgan fingerprint density at radius 2 is 1.52 bits per heavy atom. The molecule has 0 radical (unpaired) electrons. The summed E-state index contributed by atoms with van der Waals surface area (Å²) >= 11 is 0. The van der Waals surface area contributed by atoms with Crippen LogP contribution >= 0.6 is 0 Å². The average Bonchev–Trinajstić information content (AvgIpc) is 3.04. The maximum Gasteiger partial charge on any atom is 0.248 e. The summed E-state index contributed by atoms with van der Waals surface area (Å²) in [6.07, 6.45) is 5.43. The molecule has 8 nitrogen and oxygen atoms in total. The Morgan fingerprint density at radius 1 is 1.00 bits per heavy atom. The molecule has 1 N–H and O–H groups in total. The number of nitrogens with one attached hydrogen (secondary N) is 1. The van der Waals surface area contributed by atoms with E-state index in [0.29, 0.717) is 19.4 Å². The molecule has 3 amide bonds. The Hall–Kier alpha value is -2.25. The van der Waals surface area contributed by atoms with E-state index in [1.54, 1.807) is 14.1 Å². The maximum absolute atomic E-state index is 11.8. The Balaban J connectivity index is 1.87. The summed E-state index contributed by atoms with van der Waals surface area (Å²) in [5, 5.41) is 14.2. The Kier molecular flexibility index (Phi) is 6.66. The zero-order valence-corrected chi connectivity index (χ0v) is 15.2. The van der Waals surface area contributed by atoms with Crippen molar-refractivity contribution in [1.29, 1.82) is 0 Å². The topological polar surface area (TPSA) is 94.4 Å². The molecule has 2 aliphatic heterocycles. The highest BCUT2D eigenvalue weighted by Crippen LogP contribution is 2.25. The first-order valence-electron chi connectivity index (χ1n) is 8.80. The Bertz CT molecular complexity index is 561. The molecule has 0 fully saturated rings. The lowest BCUT2D eigenvalue weighted by molar-refractivity contribution is -0.128. The second kappa shape index (κ2) is 8.73. The van der Waals surface area contributed by atoms with Crippen molar-refractivity contribution in [3.8, 4) is 0 Å². The third-order valence-corrected chi connectivity index (χ3v) is 4.54. The quantitative estimate of drug-likeness (QED) is 0.632. The van der Waals surface area contributed by atoms with E-state index < -0.39 is 0 Å². The fraction of sp³-hybridized carbons (Fsp3) is 0.706. The molecule has 2 aliphatic rings. The lowest BCUT2D eigenvalue weighted by Gasteiger charge is -2.15. The van der Waals surface area contributed by atoms with Gasteiger partial charge in [-0.15, -0.1) is 0 Å². The summed E-state index contributed by atoms with van der Waals surface area (Å²) in [4.78, 5) is 34.4. The van der Waals surface area contributed by atoms with Crippen LogP contribution in [0.3, 0.4) is 0 Å². The zero-order valence-electron chi connectivity index (χ0n) is 15.2. The maximum atomic E-state index is 11.8. The standard InChI is InChI=1S/C17H27N5O3/c1-12(23)18-9-7-5-4-6-8-13(14-10-16(24)21(2)19-14)15-11-17(25)22(3)20-15/h13H,4-11H2,1-3H3,(H,18,23). The van der Waals surface area contributed by atoms with Crippen LogP contribution in [0.4, 0.5) is 0 Å². The van der Waals surface area contributed by atoms with Gasteiger partial charge in [0.05, 0.1) is 24.3 Å². The van der Waals surface area contributed by atoms with Crippen molar-refractivity contribution in [3.63, 3.8) is 0 Å². The molecule has 2 heterocycles. The first-order valence-corrected chi connectivity index (χ1v) is 8.80. The zero-order chi connectivity index (χ0) is 18.4. The molecule has 0 aromatic heterocycles. The lowest BCUT2D eigenvalue weighted by Crippen LogP contribution is -2.23. The number of unbranched alkanes of at least 4 members (excludes halogenated alkanes) is 3. The SMILES string of the molecule is CC(=O)NCCCCCCC(C1=NN(C)C(=O)C1)C1=NN(C)C(=O)C1. The van der Waals surface area contributed by atoms with E-state index in [-0.39, 0.29) is 23.6 Å². The molecule has 2 rings (SSSR count). The van der Waals surface area contributed by atoms with Gasteiger partial charge in [0, 0.05) is 33.5 Å². The van der Waals surface area contributed by atoms with Crippen LogP contribution in [0.25, 0.3) is 0 Å². The highest BCUT2D eigenvalue weighted by atomic mass is 16.2. The minimum atomic E-state index is -0.0434. The van der Waals surface area contributed by atoms with Gasteiger partial charge in [-0.2, -0.15) is 10.2 Å². The van der Waals surface area contributed by atoms with Crippen LogP contribution in [-0.4, -0.2) is 59.8 Å². The van der Waals surface area contributed by atoms with Gasteiger partial charge in [0.25, 0.3) is 0 Å². The van der Waals surface area contributed by atoms with Crippen molar-refractivity contribution < 1.29 is 14.4 Å². The van der Waals surface area contributed by atoms with Crippen molar-refractivity contribution in [3.05, 3.63) is 0 Å². The van der Waals surface area contributed by atoms with Crippen LogP contribution in [-0.2, 0) is 14.4 Å². The van der Waals surface area contributed by atoms with Crippen LogP contribution in [0.2, 0.25) is 0 Å². The molecule has 8 heteroatoms. The third kappa shape index (κ3) is 5.37. The van der Waals surface area contributed by atoms with Crippen LogP contribution in [0.1, 0.15) is 51.9 Å². The molecule has 0 atom stereocenters. The number of hydrogen-bond acceptors (Lipinski definition) is 5. The summed E-state index contributed by atoms with van der Waals surface area (Å²) in [6, 6.07) is 0. The van der Waals surface area contributed by atoms with E-state index in [9.17, 15) is 14.4 Å². The predicted molar refractivity (Wildman–Crippen MR) is 94.9 cm³/mol. The Labute approximate surface area is 148 Å². The van der Waals surface area contributed by atoms with E-state index in [4.69, 9.17) is 0 Å². The van der Waals surface area contributed by atoms with E-state index in [1.807, 2.05) is 0 Å². The van der Waals surface area contributed by atoms with Gasteiger partial charge in [-0.05, 0) is 12.8 Å². The number of hydrazone groups is 2. The molecule has 0 saturated heterocycles. The van der Waals surface area contributed by atoms with Crippen molar-refractivity contribution in [2.45, 2.75) is 51.9 Å². The number of rotatable bonds is 9. The monoisotopic (exact) mass is 349 g/mol. The van der Waals surface area contributed by atoms with Gasteiger partial charge in [-0.1, -0.05) is 19.3 Å². The normalized spacial score (nSPS) is 17.4. The van der Waals surface area contributed by atoms with Crippen molar-refractivity contribution in [2.75, 3.05) is 20.6 Å². The fourth-order valence-corrected chi connectivity index (χ4v) is 3.11. The third-order valence-electron chi connectivity index (χ3n) is 4.54. The second-order valence-corrected chi connectivity index (χ2v) is 6.61. The van der Waals surface area contributed by atoms with Gasteiger partial charge in [0.15, 0.2) is 0 Å². The van der Waals surface area contributed by atoms with E-state index >= 15 is 0 Å². The molecule has 25 heavy (non-hydrogen) atoms.